The Labute approximate surface area is 158 Å². The van der Waals surface area contributed by atoms with Crippen LogP contribution in [0, 0.1) is 5.41 Å². The van der Waals surface area contributed by atoms with Crippen LogP contribution in [0.5, 0.6) is 0 Å². The predicted octanol–water partition coefficient (Wildman–Crippen LogP) is 1.87. The fraction of sp³-hybridized carbons (Fsp3) is 0.579. The van der Waals surface area contributed by atoms with Crippen molar-refractivity contribution in [3.8, 4) is 0 Å². The van der Waals surface area contributed by atoms with E-state index in [-0.39, 0.29) is 12.0 Å². The Balaban J connectivity index is 2.98. The molecule has 150 valence electrons. The summed E-state index contributed by atoms with van der Waals surface area (Å²) in [4.78, 5) is 45.6. The van der Waals surface area contributed by atoms with E-state index in [0.717, 1.165) is 0 Å². The summed E-state index contributed by atoms with van der Waals surface area (Å²) in [5, 5.41) is 0. The first-order valence-electron chi connectivity index (χ1n) is 8.52. The Morgan fingerprint density at radius 1 is 1.11 bits per heavy atom. The number of esters is 4. The Bertz CT molecular complexity index is 644. The molecular weight excluding hydrogens is 356 g/mol. The number of allylic oxidation sites excluding steroid dienone is 2. The minimum Gasteiger partial charge on any atom is -0.462 e. The molecule has 0 aromatic rings. The molecular formula is C19H26O8. The normalized spacial score (nSPS) is 19.9. The van der Waals surface area contributed by atoms with Crippen LogP contribution in [-0.4, -0.2) is 49.3 Å². The van der Waals surface area contributed by atoms with Crippen LogP contribution in [-0.2, 0) is 38.1 Å². The maximum absolute atomic E-state index is 11.9. The molecule has 1 aliphatic heterocycles. The highest BCUT2D eigenvalue weighted by molar-refractivity contribution is 5.89. The first-order chi connectivity index (χ1) is 12.5. The topological polar surface area (TPSA) is 105 Å². The van der Waals surface area contributed by atoms with Gasteiger partial charge in [0.1, 0.15) is 6.61 Å². The number of hydrogen-bond donors (Lipinski definition) is 0. The van der Waals surface area contributed by atoms with E-state index in [0.29, 0.717) is 18.6 Å². The van der Waals surface area contributed by atoms with Crippen molar-refractivity contribution >= 4 is 23.9 Å². The fourth-order valence-electron chi connectivity index (χ4n) is 2.44. The second-order valence-corrected chi connectivity index (χ2v) is 7.02. The number of carbonyl (C=O) groups excluding carboxylic acids is 4. The van der Waals surface area contributed by atoms with E-state index >= 15 is 0 Å². The molecule has 8 nitrogen and oxygen atoms in total. The van der Waals surface area contributed by atoms with Gasteiger partial charge in [-0.15, -0.1) is 0 Å². The molecule has 0 amide bonds. The lowest BCUT2D eigenvalue weighted by Gasteiger charge is -2.29. The zero-order chi connectivity index (χ0) is 20.6. The smallest absolute Gasteiger partial charge is 0.334 e. The Morgan fingerprint density at radius 3 is 2.30 bits per heavy atom. The first kappa shape index (κ1) is 22.4. The van der Waals surface area contributed by atoms with Crippen LogP contribution in [0.15, 0.2) is 23.8 Å². The van der Waals surface area contributed by atoms with Crippen LogP contribution < -0.4 is 0 Å². The van der Waals surface area contributed by atoms with Gasteiger partial charge in [0.15, 0.2) is 12.2 Å². The molecule has 8 heteroatoms. The summed E-state index contributed by atoms with van der Waals surface area (Å²) in [7, 11) is 0. The summed E-state index contributed by atoms with van der Waals surface area (Å²) in [5.74, 6) is -2.18. The Kier molecular flexibility index (Phi) is 8.21. The van der Waals surface area contributed by atoms with Crippen LogP contribution in [0.2, 0.25) is 0 Å². The zero-order valence-electron chi connectivity index (χ0n) is 16.3. The van der Waals surface area contributed by atoms with E-state index in [4.69, 9.17) is 18.9 Å². The van der Waals surface area contributed by atoms with Gasteiger partial charge in [-0.05, 0) is 12.5 Å². The van der Waals surface area contributed by atoms with E-state index in [2.05, 4.69) is 0 Å². The molecule has 0 bridgehead atoms. The van der Waals surface area contributed by atoms with Crippen LogP contribution in [0.4, 0.5) is 0 Å². The lowest BCUT2D eigenvalue weighted by molar-refractivity contribution is -0.169. The molecule has 0 saturated carbocycles. The molecule has 1 saturated heterocycles. The molecule has 1 heterocycles. The minimum absolute atomic E-state index is 0.168. The number of carbonyl (C=O) groups is 4. The fourth-order valence-corrected chi connectivity index (χ4v) is 2.44. The Hall–Kier alpha value is -2.64. The van der Waals surface area contributed by atoms with Gasteiger partial charge in [0, 0.05) is 31.8 Å². The summed E-state index contributed by atoms with van der Waals surface area (Å²) in [6.45, 7) is 7.64. The maximum atomic E-state index is 11.9. The average molecular weight is 382 g/mol. The third-order valence-electron chi connectivity index (χ3n) is 3.56. The molecule has 0 N–H and O–H groups in total. The molecule has 27 heavy (non-hydrogen) atoms. The highest BCUT2D eigenvalue weighted by Crippen LogP contribution is 2.30. The summed E-state index contributed by atoms with van der Waals surface area (Å²) in [5.41, 5.74) is 0.312. The van der Waals surface area contributed by atoms with Crippen LogP contribution in [0.3, 0.4) is 0 Å². The molecule has 1 aliphatic rings. The van der Waals surface area contributed by atoms with Gasteiger partial charge < -0.3 is 18.9 Å². The number of rotatable bonds is 7. The highest BCUT2D eigenvalue weighted by Gasteiger charge is 2.31. The standard InChI is InChI=1S/C19H26O8/c1-12(20)24-10-17(27-14(3)22)16(26-13(2)21)8-6-7-15-9-19(4,5)11-25-18(15)23/h6-8,16-17H,9-11H2,1-5H3/b8-6+,15-7+/t16-,17+/m1/s1. The molecule has 0 radical (unpaired) electrons. The molecule has 0 unspecified atom stereocenters. The van der Waals surface area contributed by atoms with E-state index < -0.39 is 36.1 Å². The SMILES string of the molecule is CC(=O)OC[C@H](OC(C)=O)[C@@H](/C=C/C=C1\CC(C)(C)COC1=O)OC(C)=O. The quantitative estimate of drug-likeness (QED) is 0.373. The van der Waals surface area contributed by atoms with Crippen molar-refractivity contribution in [2.24, 2.45) is 5.41 Å². The maximum Gasteiger partial charge on any atom is 0.334 e. The lowest BCUT2D eigenvalue weighted by atomic mass is 9.84. The summed E-state index contributed by atoms with van der Waals surface area (Å²) >= 11 is 0. The zero-order valence-corrected chi connectivity index (χ0v) is 16.3. The number of ether oxygens (including phenoxy) is 4. The second-order valence-electron chi connectivity index (χ2n) is 7.02. The third-order valence-corrected chi connectivity index (χ3v) is 3.56. The monoisotopic (exact) mass is 382 g/mol. The summed E-state index contributed by atoms with van der Waals surface area (Å²) in [6, 6.07) is 0. The lowest BCUT2D eigenvalue weighted by Crippen LogP contribution is -2.37. The van der Waals surface area contributed by atoms with Crippen molar-refractivity contribution in [2.75, 3.05) is 13.2 Å². The molecule has 2 atom stereocenters. The number of hydrogen-bond acceptors (Lipinski definition) is 8. The van der Waals surface area contributed by atoms with Crippen molar-refractivity contribution in [2.45, 2.75) is 53.2 Å². The summed E-state index contributed by atoms with van der Waals surface area (Å²) < 4.78 is 20.3. The van der Waals surface area contributed by atoms with Crippen molar-refractivity contribution in [3.63, 3.8) is 0 Å². The summed E-state index contributed by atoms with van der Waals surface area (Å²) in [6.07, 6.45) is 3.08. The average Bonchev–Trinajstić information content (AvgIpc) is 2.52. The van der Waals surface area contributed by atoms with Gasteiger partial charge in [-0.25, -0.2) is 4.79 Å². The molecule has 0 aromatic heterocycles. The largest absolute Gasteiger partial charge is 0.462 e. The Morgan fingerprint density at radius 2 is 1.74 bits per heavy atom. The van der Waals surface area contributed by atoms with Gasteiger partial charge >= 0.3 is 23.9 Å². The van der Waals surface area contributed by atoms with E-state index in [1.165, 1.54) is 32.9 Å². The molecule has 1 rings (SSSR count). The van der Waals surface area contributed by atoms with Gasteiger partial charge in [-0.3, -0.25) is 14.4 Å². The van der Waals surface area contributed by atoms with E-state index in [9.17, 15) is 19.2 Å². The van der Waals surface area contributed by atoms with Crippen molar-refractivity contribution in [1.82, 2.24) is 0 Å². The molecule has 0 aliphatic carbocycles. The van der Waals surface area contributed by atoms with Gasteiger partial charge in [0.05, 0.1) is 6.61 Å². The first-order valence-corrected chi connectivity index (χ1v) is 8.52. The minimum atomic E-state index is -1.01. The second kappa shape index (κ2) is 9.89. The van der Waals surface area contributed by atoms with Crippen LogP contribution in [0.25, 0.3) is 0 Å². The van der Waals surface area contributed by atoms with Crippen LogP contribution >= 0.6 is 0 Å². The van der Waals surface area contributed by atoms with E-state index in [1.54, 1.807) is 6.08 Å². The van der Waals surface area contributed by atoms with Crippen molar-refractivity contribution < 1.29 is 38.1 Å². The van der Waals surface area contributed by atoms with Gasteiger partial charge in [0.2, 0.25) is 0 Å². The van der Waals surface area contributed by atoms with Gasteiger partial charge in [-0.1, -0.05) is 26.0 Å². The van der Waals surface area contributed by atoms with Gasteiger partial charge in [0.25, 0.3) is 0 Å². The predicted molar refractivity (Wildman–Crippen MR) is 94.3 cm³/mol. The molecule has 1 fully saturated rings. The molecule has 0 spiro atoms. The number of cyclic esters (lactones) is 1. The highest BCUT2D eigenvalue weighted by atomic mass is 16.6. The van der Waals surface area contributed by atoms with E-state index in [1.807, 2.05) is 13.8 Å². The van der Waals surface area contributed by atoms with Crippen molar-refractivity contribution in [3.05, 3.63) is 23.8 Å². The van der Waals surface area contributed by atoms with Crippen molar-refractivity contribution in [1.29, 1.82) is 0 Å². The van der Waals surface area contributed by atoms with Crippen LogP contribution in [0.1, 0.15) is 41.0 Å². The molecule has 0 aromatic carbocycles. The third kappa shape index (κ3) is 8.52. The van der Waals surface area contributed by atoms with Gasteiger partial charge in [-0.2, -0.15) is 0 Å².